The minimum atomic E-state index is -0.785. The van der Waals surface area contributed by atoms with E-state index in [9.17, 15) is 4.79 Å². The van der Waals surface area contributed by atoms with Gasteiger partial charge in [0.1, 0.15) is 0 Å². The molecule has 0 spiro atoms. The van der Waals surface area contributed by atoms with Crippen LogP contribution in [0, 0.1) is 13.8 Å². The third-order valence-electron chi connectivity index (χ3n) is 3.74. The second-order valence-electron chi connectivity index (χ2n) is 4.98. The fourth-order valence-corrected chi connectivity index (χ4v) is 2.78. The van der Waals surface area contributed by atoms with Gasteiger partial charge >= 0.3 is 5.97 Å². The Bertz CT molecular complexity index is 680. The van der Waals surface area contributed by atoms with Gasteiger partial charge in [0.25, 0.3) is 0 Å². The number of fused-ring (bicyclic) bond motifs is 1. The normalized spacial score (nSPS) is 11.0. The van der Waals surface area contributed by atoms with E-state index in [-0.39, 0.29) is 6.42 Å². The van der Waals surface area contributed by atoms with Crippen LogP contribution in [0.3, 0.4) is 0 Å². The summed E-state index contributed by atoms with van der Waals surface area (Å²) in [6.45, 7) is 6.04. The smallest absolute Gasteiger partial charge is 0.303 e. The standard InChI is InChI=1S/C16H18ClNO2/c1-4-13-9(2)11(5-8-15(19)20)16-10(3)12(17)6-7-14(16)18-13/h6-7H,4-5,8H2,1-3H3,(H,19,20). The molecule has 106 valence electrons. The van der Waals surface area contributed by atoms with Crippen LogP contribution in [0.25, 0.3) is 10.9 Å². The fourth-order valence-electron chi connectivity index (χ4n) is 2.63. The summed E-state index contributed by atoms with van der Waals surface area (Å²) in [5.74, 6) is -0.785. The lowest BCUT2D eigenvalue weighted by atomic mass is 9.94. The lowest BCUT2D eigenvalue weighted by molar-refractivity contribution is -0.136. The molecule has 0 bridgehead atoms. The van der Waals surface area contributed by atoms with Crippen LogP contribution in [0.4, 0.5) is 0 Å². The SMILES string of the molecule is CCc1nc2ccc(Cl)c(C)c2c(CCC(=O)O)c1C. The molecule has 0 atom stereocenters. The number of hydrogen-bond donors (Lipinski definition) is 1. The summed E-state index contributed by atoms with van der Waals surface area (Å²) >= 11 is 6.20. The molecule has 3 nitrogen and oxygen atoms in total. The number of benzene rings is 1. The van der Waals surface area contributed by atoms with Crippen LogP contribution < -0.4 is 0 Å². The number of carboxylic acid groups (broad SMARTS) is 1. The monoisotopic (exact) mass is 291 g/mol. The first kappa shape index (κ1) is 14.8. The Kier molecular flexibility index (Phi) is 4.29. The Morgan fingerprint density at radius 1 is 1.30 bits per heavy atom. The molecule has 1 N–H and O–H groups in total. The number of halogens is 1. The molecule has 1 aromatic carbocycles. The summed E-state index contributed by atoms with van der Waals surface area (Å²) in [6.07, 6.45) is 1.47. The Morgan fingerprint density at radius 2 is 2.00 bits per heavy atom. The van der Waals surface area contributed by atoms with Crippen LogP contribution in [0.15, 0.2) is 12.1 Å². The maximum absolute atomic E-state index is 10.9. The van der Waals surface area contributed by atoms with E-state index in [1.807, 2.05) is 26.0 Å². The van der Waals surface area contributed by atoms with Gasteiger partial charge in [0.15, 0.2) is 0 Å². The average Bonchev–Trinajstić information content (AvgIpc) is 2.41. The van der Waals surface area contributed by atoms with E-state index in [4.69, 9.17) is 16.7 Å². The highest BCUT2D eigenvalue weighted by Gasteiger charge is 2.15. The van der Waals surface area contributed by atoms with Crippen molar-refractivity contribution in [2.45, 2.75) is 40.0 Å². The van der Waals surface area contributed by atoms with E-state index in [0.717, 1.165) is 39.7 Å². The number of aryl methyl sites for hydroxylation is 3. The van der Waals surface area contributed by atoms with Crippen LogP contribution >= 0.6 is 11.6 Å². The predicted octanol–water partition coefficient (Wildman–Crippen LogP) is 4.08. The number of hydrogen-bond acceptors (Lipinski definition) is 2. The van der Waals surface area contributed by atoms with E-state index < -0.39 is 5.97 Å². The lowest BCUT2D eigenvalue weighted by Gasteiger charge is -2.15. The zero-order chi connectivity index (χ0) is 14.9. The van der Waals surface area contributed by atoms with Crippen LogP contribution in [-0.4, -0.2) is 16.1 Å². The average molecular weight is 292 g/mol. The Labute approximate surface area is 123 Å². The van der Waals surface area contributed by atoms with Gasteiger partial charge in [0.05, 0.1) is 5.52 Å². The van der Waals surface area contributed by atoms with Gasteiger partial charge in [0.2, 0.25) is 0 Å². The maximum Gasteiger partial charge on any atom is 0.303 e. The minimum Gasteiger partial charge on any atom is -0.481 e. The molecule has 2 rings (SSSR count). The molecule has 20 heavy (non-hydrogen) atoms. The quantitative estimate of drug-likeness (QED) is 0.923. The Hall–Kier alpha value is -1.61. The van der Waals surface area contributed by atoms with Crippen molar-refractivity contribution in [2.75, 3.05) is 0 Å². The van der Waals surface area contributed by atoms with Gasteiger partial charge in [-0.1, -0.05) is 18.5 Å². The molecular formula is C16H18ClNO2. The van der Waals surface area contributed by atoms with Gasteiger partial charge in [-0.15, -0.1) is 0 Å². The molecule has 0 aliphatic heterocycles. The summed E-state index contributed by atoms with van der Waals surface area (Å²) in [4.78, 5) is 15.6. The van der Waals surface area contributed by atoms with Crippen molar-refractivity contribution in [1.29, 1.82) is 0 Å². The van der Waals surface area contributed by atoms with E-state index in [2.05, 4.69) is 11.9 Å². The number of carboxylic acids is 1. The van der Waals surface area contributed by atoms with Crippen LogP contribution in [0.5, 0.6) is 0 Å². The van der Waals surface area contributed by atoms with Crippen molar-refractivity contribution < 1.29 is 9.90 Å². The van der Waals surface area contributed by atoms with Crippen LogP contribution in [0.2, 0.25) is 5.02 Å². The summed E-state index contributed by atoms with van der Waals surface area (Å²) in [5, 5.41) is 10.6. The summed E-state index contributed by atoms with van der Waals surface area (Å²) in [5.41, 5.74) is 5.05. The van der Waals surface area contributed by atoms with Crippen molar-refractivity contribution in [3.8, 4) is 0 Å². The molecule has 0 radical (unpaired) electrons. The van der Waals surface area contributed by atoms with E-state index in [1.165, 1.54) is 0 Å². The summed E-state index contributed by atoms with van der Waals surface area (Å²) < 4.78 is 0. The van der Waals surface area contributed by atoms with E-state index in [1.54, 1.807) is 0 Å². The second-order valence-corrected chi connectivity index (χ2v) is 5.38. The summed E-state index contributed by atoms with van der Waals surface area (Å²) in [7, 11) is 0. The molecule has 0 unspecified atom stereocenters. The van der Waals surface area contributed by atoms with Gasteiger partial charge in [0, 0.05) is 22.5 Å². The van der Waals surface area contributed by atoms with Gasteiger partial charge in [-0.3, -0.25) is 9.78 Å². The third-order valence-corrected chi connectivity index (χ3v) is 4.15. The molecule has 2 aromatic rings. The van der Waals surface area contributed by atoms with Crippen LogP contribution in [0.1, 0.15) is 35.7 Å². The zero-order valence-electron chi connectivity index (χ0n) is 12.0. The molecule has 4 heteroatoms. The van der Waals surface area contributed by atoms with Crippen molar-refractivity contribution in [3.05, 3.63) is 39.5 Å². The van der Waals surface area contributed by atoms with Crippen molar-refractivity contribution in [2.24, 2.45) is 0 Å². The topological polar surface area (TPSA) is 50.2 Å². The highest BCUT2D eigenvalue weighted by atomic mass is 35.5. The molecule has 0 saturated heterocycles. The molecule has 0 amide bonds. The first-order valence-corrected chi connectivity index (χ1v) is 7.12. The lowest BCUT2D eigenvalue weighted by Crippen LogP contribution is -2.05. The third kappa shape index (κ3) is 2.63. The highest BCUT2D eigenvalue weighted by Crippen LogP contribution is 2.31. The zero-order valence-corrected chi connectivity index (χ0v) is 12.7. The number of carbonyl (C=O) groups is 1. The van der Waals surface area contributed by atoms with Gasteiger partial charge in [-0.2, -0.15) is 0 Å². The maximum atomic E-state index is 10.9. The molecule has 1 aromatic heterocycles. The molecule has 0 saturated carbocycles. The number of aliphatic carboxylic acids is 1. The molecular weight excluding hydrogens is 274 g/mol. The van der Waals surface area contributed by atoms with Gasteiger partial charge in [-0.25, -0.2) is 0 Å². The Balaban J connectivity index is 2.74. The van der Waals surface area contributed by atoms with Crippen LogP contribution in [-0.2, 0) is 17.6 Å². The molecule has 1 heterocycles. The first-order valence-electron chi connectivity index (χ1n) is 6.74. The predicted molar refractivity (Wildman–Crippen MR) is 81.6 cm³/mol. The molecule has 0 aliphatic carbocycles. The summed E-state index contributed by atoms with van der Waals surface area (Å²) in [6, 6.07) is 3.76. The minimum absolute atomic E-state index is 0.120. The Morgan fingerprint density at radius 3 is 2.60 bits per heavy atom. The number of rotatable bonds is 4. The number of aromatic nitrogens is 1. The first-order chi connectivity index (χ1) is 9.45. The second kappa shape index (κ2) is 5.80. The molecule has 0 fully saturated rings. The van der Waals surface area contributed by atoms with Crippen molar-refractivity contribution >= 4 is 28.5 Å². The van der Waals surface area contributed by atoms with Crippen molar-refractivity contribution in [1.82, 2.24) is 4.98 Å². The van der Waals surface area contributed by atoms with E-state index in [0.29, 0.717) is 11.4 Å². The van der Waals surface area contributed by atoms with Gasteiger partial charge < -0.3 is 5.11 Å². The van der Waals surface area contributed by atoms with Crippen molar-refractivity contribution in [3.63, 3.8) is 0 Å². The van der Waals surface area contributed by atoms with Gasteiger partial charge in [-0.05, 0) is 55.5 Å². The fraction of sp³-hybridized carbons (Fsp3) is 0.375. The number of pyridine rings is 1. The molecule has 0 aliphatic rings. The number of nitrogens with zero attached hydrogens (tertiary/aromatic N) is 1. The highest BCUT2D eigenvalue weighted by molar-refractivity contribution is 6.32. The van der Waals surface area contributed by atoms with E-state index >= 15 is 0 Å². The largest absolute Gasteiger partial charge is 0.481 e.